The lowest BCUT2D eigenvalue weighted by molar-refractivity contribution is -0.139. The van der Waals surface area contributed by atoms with Crippen molar-refractivity contribution in [1.29, 1.82) is 0 Å². The van der Waals surface area contributed by atoms with Gasteiger partial charge in [-0.3, -0.25) is 19.1 Å². The molecule has 0 fully saturated rings. The van der Waals surface area contributed by atoms with Gasteiger partial charge < -0.3 is 9.30 Å². The van der Waals surface area contributed by atoms with Gasteiger partial charge in [0, 0.05) is 7.05 Å². The van der Waals surface area contributed by atoms with Crippen LogP contribution in [-0.2, 0) is 23.1 Å². The Labute approximate surface area is 159 Å². The summed E-state index contributed by atoms with van der Waals surface area (Å²) in [7, 11) is 2.87. The number of fused-ring (bicyclic) bond motifs is 1. The molecule has 8 nitrogen and oxygen atoms in total. The molecule has 1 N–H and O–H groups in total. The average molecular weight is 388 g/mol. The molecule has 0 spiro atoms. The third-order valence-corrected chi connectivity index (χ3v) is 5.28. The molecular formula is C18H20N4O4S. The van der Waals surface area contributed by atoms with Crippen molar-refractivity contribution in [3.8, 4) is 0 Å². The van der Waals surface area contributed by atoms with Gasteiger partial charge in [-0.05, 0) is 19.4 Å². The highest BCUT2D eigenvalue weighted by Gasteiger charge is 2.23. The van der Waals surface area contributed by atoms with E-state index in [0.29, 0.717) is 11.7 Å². The second kappa shape index (κ2) is 7.43. The number of aromatic amines is 1. The van der Waals surface area contributed by atoms with Crippen molar-refractivity contribution in [3.63, 3.8) is 0 Å². The number of carbonyl (C=O) groups is 1. The van der Waals surface area contributed by atoms with Gasteiger partial charge in [-0.1, -0.05) is 41.6 Å². The number of hydrogen-bond donors (Lipinski definition) is 1. The number of H-pyrrole nitrogens is 1. The molecule has 27 heavy (non-hydrogen) atoms. The van der Waals surface area contributed by atoms with Gasteiger partial charge in [0.1, 0.15) is 5.25 Å². The highest BCUT2D eigenvalue weighted by Crippen LogP contribution is 2.27. The molecule has 0 bridgehead atoms. The van der Waals surface area contributed by atoms with E-state index in [-0.39, 0.29) is 11.2 Å². The van der Waals surface area contributed by atoms with Gasteiger partial charge in [-0.15, -0.1) is 0 Å². The number of carbonyl (C=O) groups excluding carboxylic acids is 1. The summed E-state index contributed by atoms with van der Waals surface area (Å²) < 4.78 is 7.80. The molecule has 1 aromatic carbocycles. The zero-order chi connectivity index (χ0) is 19.7. The topological polar surface area (TPSA) is 99.0 Å². The van der Waals surface area contributed by atoms with Crippen LogP contribution in [0.15, 0.2) is 39.0 Å². The van der Waals surface area contributed by atoms with Crippen molar-refractivity contribution in [2.24, 2.45) is 7.05 Å². The first-order valence-corrected chi connectivity index (χ1v) is 9.19. The van der Waals surface area contributed by atoms with Crippen LogP contribution in [-0.4, -0.2) is 37.4 Å². The standard InChI is InChI=1S/C18H20N4O4S/c1-10-6-5-7-12(8-10)9-22-13-14(21(3)17(25)20-15(13)23)19-18(22)27-11(2)16(24)26-4/h5-8,11H,9H2,1-4H3,(H,20,23,25)/t11-/m1/s1. The molecule has 0 amide bonds. The summed E-state index contributed by atoms with van der Waals surface area (Å²) in [6, 6.07) is 7.89. The van der Waals surface area contributed by atoms with Gasteiger partial charge in [-0.25, -0.2) is 9.78 Å². The molecule has 1 atom stereocenters. The Balaban J connectivity index is 2.19. The Bertz CT molecular complexity index is 1130. The van der Waals surface area contributed by atoms with E-state index < -0.39 is 22.5 Å². The number of hydrogen-bond acceptors (Lipinski definition) is 6. The second-order valence-corrected chi connectivity index (χ2v) is 7.55. The van der Waals surface area contributed by atoms with E-state index in [2.05, 4.69) is 9.97 Å². The quantitative estimate of drug-likeness (QED) is 0.524. The summed E-state index contributed by atoms with van der Waals surface area (Å²) in [4.78, 5) is 43.0. The number of aromatic nitrogens is 4. The lowest BCUT2D eigenvalue weighted by Crippen LogP contribution is -2.29. The van der Waals surface area contributed by atoms with Crippen molar-refractivity contribution in [2.45, 2.75) is 30.8 Å². The first-order valence-electron chi connectivity index (χ1n) is 8.31. The molecule has 0 saturated carbocycles. The minimum atomic E-state index is -0.537. The molecule has 9 heteroatoms. The SMILES string of the molecule is COC(=O)[C@@H](C)Sc1nc2c(c(=O)[nH]c(=O)n2C)n1Cc1cccc(C)c1. The summed E-state index contributed by atoms with van der Waals surface area (Å²) in [5.74, 6) is -0.392. The van der Waals surface area contributed by atoms with Crippen LogP contribution < -0.4 is 11.2 Å². The number of rotatable bonds is 5. The summed E-state index contributed by atoms with van der Waals surface area (Å²) in [5.41, 5.74) is 1.59. The number of ether oxygens (including phenoxy) is 1. The molecule has 0 aliphatic carbocycles. The monoisotopic (exact) mass is 388 g/mol. The van der Waals surface area contributed by atoms with Crippen molar-refractivity contribution in [3.05, 3.63) is 56.2 Å². The zero-order valence-electron chi connectivity index (χ0n) is 15.5. The Morgan fingerprint density at radius 2 is 2.11 bits per heavy atom. The van der Waals surface area contributed by atoms with E-state index in [0.717, 1.165) is 11.1 Å². The molecule has 0 aliphatic heterocycles. The third kappa shape index (κ3) is 3.68. The van der Waals surface area contributed by atoms with Crippen LogP contribution in [0.4, 0.5) is 0 Å². The first kappa shape index (κ1) is 19.0. The lowest BCUT2D eigenvalue weighted by atomic mass is 10.1. The maximum atomic E-state index is 12.5. The summed E-state index contributed by atoms with van der Waals surface area (Å²) in [6.07, 6.45) is 0. The van der Waals surface area contributed by atoms with E-state index in [1.807, 2.05) is 31.2 Å². The molecule has 142 valence electrons. The fourth-order valence-electron chi connectivity index (χ4n) is 2.82. The molecule has 0 saturated heterocycles. The Morgan fingerprint density at radius 3 is 2.78 bits per heavy atom. The maximum Gasteiger partial charge on any atom is 0.329 e. The normalized spacial score (nSPS) is 12.3. The minimum absolute atomic E-state index is 0.274. The maximum absolute atomic E-state index is 12.5. The van der Waals surface area contributed by atoms with E-state index in [1.54, 1.807) is 18.5 Å². The second-order valence-electron chi connectivity index (χ2n) is 6.24. The molecule has 3 aromatic rings. The molecule has 3 rings (SSSR count). The van der Waals surface area contributed by atoms with Gasteiger partial charge >= 0.3 is 11.7 Å². The number of benzene rings is 1. The number of thioether (sulfide) groups is 1. The number of methoxy groups -OCH3 is 1. The van der Waals surface area contributed by atoms with Crippen LogP contribution in [0, 0.1) is 6.92 Å². The van der Waals surface area contributed by atoms with Crippen LogP contribution in [0.2, 0.25) is 0 Å². The van der Waals surface area contributed by atoms with Crippen LogP contribution in [0.1, 0.15) is 18.1 Å². The number of aryl methyl sites for hydroxylation is 2. The number of esters is 1. The molecule has 2 aromatic heterocycles. The number of nitrogens with one attached hydrogen (secondary N) is 1. The Hall–Kier alpha value is -2.81. The Kier molecular flexibility index (Phi) is 5.22. The molecule has 2 heterocycles. The van der Waals surface area contributed by atoms with Gasteiger partial charge in [0.25, 0.3) is 5.56 Å². The summed E-state index contributed by atoms with van der Waals surface area (Å²) >= 11 is 1.18. The van der Waals surface area contributed by atoms with Crippen LogP contribution in [0.5, 0.6) is 0 Å². The molecule has 0 radical (unpaired) electrons. The van der Waals surface area contributed by atoms with Crippen LogP contribution in [0.3, 0.4) is 0 Å². The number of nitrogens with zero attached hydrogens (tertiary/aromatic N) is 3. The average Bonchev–Trinajstić information content (AvgIpc) is 2.97. The van der Waals surface area contributed by atoms with Crippen LogP contribution in [0.25, 0.3) is 11.2 Å². The van der Waals surface area contributed by atoms with E-state index in [9.17, 15) is 14.4 Å². The van der Waals surface area contributed by atoms with E-state index >= 15 is 0 Å². The minimum Gasteiger partial charge on any atom is -0.468 e. The fourth-order valence-corrected chi connectivity index (χ4v) is 3.75. The largest absolute Gasteiger partial charge is 0.468 e. The van der Waals surface area contributed by atoms with Crippen molar-refractivity contribution in [1.82, 2.24) is 19.1 Å². The van der Waals surface area contributed by atoms with Crippen molar-refractivity contribution < 1.29 is 9.53 Å². The van der Waals surface area contributed by atoms with Gasteiger partial charge in [-0.2, -0.15) is 0 Å². The first-order chi connectivity index (χ1) is 12.8. The van der Waals surface area contributed by atoms with Gasteiger partial charge in [0.2, 0.25) is 0 Å². The molecular weight excluding hydrogens is 368 g/mol. The highest BCUT2D eigenvalue weighted by atomic mass is 32.2. The zero-order valence-corrected chi connectivity index (χ0v) is 16.3. The van der Waals surface area contributed by atoms with E-state index in [4.69, 9.17) is 4.74 Å². The Morgan fingerprint density at radius 1 is 1.37 bits per heavy atom. The predicted octanol–water partition coefficient (Wildman–Crippen LogP) is 1.43. The summed E-state index contributed by atoms with van der Waals surface area (Å²) in [6.45, 7) is 4.08. The van der Waals surface area contributed by atoms with Crippen molar-refractivity contribution >= 4 is 28.9 Å². The van der Waals surface area contributed by atoms with Gasteiger partial charge in [0.05, 0.1) is 13.7 Å². The van der Waals surface area contributed by atoms with E-state index in [1.165, 1.54) is 23.4 Å². The number of imidazole rings is 1. The smallest absolute Gasteiger partial charge is 0.329 e. The van der Waals surface area contributed by atoms with Gasteiger partial charge in [0.15, 0.2) is 16.3 Å². The third-order valence-electron chi connectivity index (χ3n) is 4.21. The fraction of sp³-hybridized carbons (Fsp3) is 0.333. The van der Waals surface area contributed by atoms with Crippen molar-refractivity contribution in [2.75, 3.05) is 7.11 Å². The van der Waals surface area contributed by atoms with Crippen LogP contribution >= 0.6 is 11.8 Å². The molecule has 0 aliphatic rings. The summed E-state index contributed by atoms with van der Waals surface area (Å²) in [5, 5.41) is -0.0460. The molecule has 0 unspecified atom stereocenters. The highest BCUT2D eigenvalue weighted by molar-refractivity contribution is 8.00. The predicted molar refractivity (Wildman–Crippen MR) is 103 cm³/mol. The lowest BCUT2D eigenvalue weighted by Gasteiger charge is -2.12.